The van der Waals surface area contributed by atoms with Crippen molar-refractivity contribution in [3.63, 3.8) is 0 Å². The van der Waals surface area contributed by atoms with E-state index < -0.39 is 0 Å². The van der Waals surface area contributed by atoms with Crippen molar-refractivity contribution in [3.05, 3.63) is 108 Å². The summed E-state index contributed by atoms with van der Waals surface area (Å²) in [5, 5.41) is 0. The zero-order chi connectivity index (χ0) is 19.3. The summed E-state index contributed by atoms with van der Waals surface area (Å²) in [7, 11) is 0. The lowest BCUT2D eigenvalue weighted by Crippen LogP contribution is -1.91. The average Bonchev–Trinajstić information content (AvgIpc) is 2.79. The molecule has 28 heavy (non-hydrogen) atoms. The summed E-state index contributed by atoms with van der Waals surface area (Å²) in [5.41, 5.74) is 8.12. The second-order valence-corrected chi connectivity index (χ2v) is 6.54. The minimum atomic E-state index is 0.838. The maximum absolute atomic E-state index is 5.85. The van der Waals surface area contributed by atoms with Crippen LogP contribution >= 0.6 is 0 Å². The number of terminal acetylenes is 2. The SMILES string of the molecule is C#Cc1cc(-c2ccccc2)ccc1-c1ccc(-c2ccccc2)cc1C#C. The first-order chi connectivity index (χ1) is 13.8. The molecule has 0 fully saturated rings. The lowest BCUT2D eigenvalue weighted by Gasteiger charge is -2.12. The van der Waals surface area contributed by atoms with Crippen LogP contribution in [0, 0.1) is 24.7 Å². The highest BCUT2D eigenvalue weighted by Crippen LogP contribution is 2.33. The van der Waals surface area contributed by atoms with E-state index in [9.17, 15) is 0 Å². The van der Waals surface area contributed by atoms with Gasteiger partial charge in [0.2, 0.25) is 0 Å². The quantitative estimate of drug-likeness (QED) is 0.361. The topological polar surface area (TPSA) is 0 Å². The van der Waals surface area contributed by atoms with Gasteiger partial charge in [0.05, 0.1) is 0 Å². The first kappa shape index (κ1) is 17.4. The highest BCUT2D eigenvalue weighted by Gasteiger charge is 2.11. The number of benzene rings is 4. The molecule has 0 atom stereocenters. The van der Waals surface area contributed by atoms with Gasteiger partial charge in [-0.05, 0) is 45.5 Å². The highest BCUT2D eigenvalue weighted by atomic mass is 14.1. The van der Waals surface area contributed by atoms with Crippen LogP contribution in [0.3, 0.4) is 0 Å². The van der Waals surface area contributed by atoms with Crippen LogP contribution in [-0.2, 0) is 0 Å². The zero-order valence-electron chi connectivity index (χ0n) is 15.4. The Morgan fingerprint density at radius 3 is 1.18 bits per heavy atom. The monoisotopic (exact) mass is 354 g/mol. The second-order valence-electron chi connectivity index (χ2n) is 6.54. The minimum absolute atomic E-state index is 0.838. The molecule has 0 saturated heterocycles. The van der Waals surface area contributed by atoms with Crippen molar-refractivity contribution >= 4 is 0 Å². The molecule has 0 aromatic heterocycles. The normalized spacial score (nSPS) is 10.1. The van der Waals surface area contributed by atoms with Gasteiger partial charge in [0.25, 0.3) is 0 Å². The Kier molecular flexibility index (Phi) is 4.79. The van der Waals surface area contributed by atoms with Crippen LogP contribution in [0.2, 0.25) is 0 Å². The standard InChI is InChI=1S/C28H18/c1-3-21-19-25(23-11-7-5-8-12-23)15-17-27(21)28-18-16-26(20-22(28)4-2)24-13-9-6-10-14-24/h1-2,5-20H. The Labute approximate surface area is 166 Å². The molecule has 0 amide bonds. The summed E-state index contributed by atoms with van der Waals surface area (Å²) in [6.07, 6.45) is 11.7. The first-order valence-electron chi connectivity index (χ1n) is 9.12. The van der Waals surface area contributed by atoms with Crippen LogP contribution in [0.25, 0.3) is 33.4 Å². The van der Waals surface area contributed by atoms with Crippen LogP contribution < -0.4 is 0 Å². The Morgan fingerprint density at radius 1 is 0.429 bits per heavy atom. The van der Waals surface area contributed by atoms with E-state index in [0.29, 0.717) is 0 Å². The molecule has 0 aliphatic carbocycles. The molecule has 0 spiro atoms. The Bertz CT molecular complexity index is 1100. The van der Waals surface area contributed by atoms with Gasteiger partial charge in [-0.1, -0.05) is 96.8 Å². The van der Waals surface area contributed by atoms with E-state index in [1.807, 2.05) is 36.4 Å². The Balaban J connectivity index is 1.81. The number of hydrogen-bond acceptors (Lipinski definition) is 0. The van der Waals surface area contributed by atoms with Crippen molar-refractivity contribution in [2.45, 2.75) is 0 Å². The van der Waals surface area contributed by atoms with Crippen LogP contribution in [-0.4, -0.2) is 0 Å². The van der Waals surface area contributed by atoms with Gasteiger partial charge < -0.3 is 0 Å². The molecular weight excluding hydrogens is 336 g/mol. The summed E-state index contributed by atoms with van der Waals surface area (Å²) in [5.74, 6) is 5.67. The van der Waals surface area contributed by atoms with Crippen molar-refractivity contribution in [2.24, 2.45) is 0 Å². The van der Waals surface area contributed by atoms with E-state index in [2.05, 4.69) is 72.5 Å². The molecule has 0 unspecified atom stereocenters. The van der Waals surface area contributed by atoms with Crippen LogP contribution in [0.5, 0.6) is 0 Å². The van der Waals surface area contributed by atoms with Gasteiger partial charge in [-0.3, -0.25) is 0 Å². The van der Waals surface area contributed by atoms with Crippen molar-refractivity contribution in [2.75, 3.05) is 0 Å². The molecule has 0 nitrogen and oxygen atoms in total. The molecule has 0 heteroatoms. The summed E-state index contributed by atoms with van der Waals surface area (Å²) in [6, 6.07) is 32.9. The molecule has 0 N–H and O–H groups in total. The van der Waals surface area contributed by atoms with Crippen LogP contribution in [0.15, 0.2) is 97.1 Å². The smallest absolute Gasteiger partial charge is 0.0327 e. The molecule has 130 valence electrons. The van der Waals surface area contributed by atoms with Crippen LogP contribution in [0.1, 0.15) is 11.1 Å². The molecule has 0 bridgehead atoms. The van der Waals surface area contributed by atoms with Crippen molar-refractivity contribution in [3.8, 4) is 58.1 Å². The summed E-state index contributed by atoms with van der Waals surface area (Å²) in [6.45, 7) is 0. The zero-order valence-corrected chi connectivity index (χ0v) is 15.4. The Hall–Kier alpha value is -4.00. The maximum atomic E-state index is 5.85. The number of hydrogen-bond donors (Lipinski definition) is 0. The van der Waals surface area contributed by atoms with Crippen molar-refractivity contribution < 1.29 is 0 Å². The number of rotatable bonds is 3. The second kappa shape index (κ2) is 7.71. The van der Waals surface area contributed by atoms with Crippen molar-refractivity contribution in [1.29, 1.82) is 0 Å². The third-order valence-electron chi connectivity index (χ3n) is 4.85. The molecule has 0 saturated carbocycles. The molecule has 0 heterocycles. The van der Waals surface area contributed by atoms with Gasteiger partial charge in [-0.2, -0.15) is 0 Å². The largest absolute Gasteiger partial charge is 0.115 e. The predicted molar refractivity (Wildman–Crippen MR) is 119 cm³/mol. The lowest BCUT2D eigenvalue weighted by molar-refractivity contribution is 1.53. The van der Waals surface area contributed by atoms with Gasteiger partial charge >= 0.3 is 0 Å². The molecule has 4 aromatic rings. The predicted octanol–water partition coefficient (Wildman–Crippen LogP) is 6.65. The highest BCUT2D eigenvalue weighted by molar-refractivity contribution is 5.82. The van der Waals surface area contributed by atoms with Crippen molar-refractivity contribution in [1.82, 2.24) is 0 Å². The molecule has 4 rings (SSSR count). The average molecular weight is 354 g/mol. The van der Waals surface area contributed by atoms with Crippen LogP contribution in [0.4, 0.5) is 0 Å². The van der Waals surface area contributed by atoms with E-state index in [-0.39, 0.29) is 0 Å². The van der Waals surface area contributed by atoms with E-state index in [1.165, 1.54) is 0 Å². The van der Waals surface area contributed by atoms with Gasteiger partial charge in [-0.25, -0.2) is 0 Å². The molecular formula is C28H18. The van der Waals surface area contributed by atoms with E-state index in [4.69, 9.17) is 12.8 Å². The first-order valence-corrected chi connectivity index (χ1v) is 9.12. The molecule has 4 aromatic carbocycles. The lowest BCUT2D eigenvalue weighted by atomic mass is 9.91. The van der Waals surface area contributed by atoms with E-state index in [0.717, 1.165) is 44.5 Å². The fourth-order valence-electron chi connectivity index (χ4n) is 3.42. The summed E-state index contributed by atoms with van der Waals surface area (Å²) < 4.78 is 0. The maximum Gasteiger partial charge on any atom is 0.0327 e. The van der Waals surface area contributed by atoms with Gasteiger partial charge in [-0.15, -0.1) is 12.8 Å². The molecule has 0 aliphatic heterocycles. The summed E-state index contributed by atoms with van der Waals surface area (Å²) >= 11 is 0. The molecule has 0 aliphatic rings. The van der Waals surface area contributed by atoms with Gasteiger partial charge in [0.15, 0.2) is 0 Å². The minimum Gasteiger partial charge on any atom is -0.115 e. The fourth-order valence-corrected chi connectivity index (χ4v) is 3.42. The van der Waals surface area contributed by atoms with Gasteiger partial charge in [0.1, 0.15) is 0 Å². The van der Waals surface area contributed by atoms with E-state index in [1.54, 1.807) is 0 Å². The van der Waals surface area contributed by atoms with E-state index >= 15 is 0 Å². The molecule has 0 radical (unpaired) electrons. The Morgan fingerprint density at radius 2 is 0.821 bits per heavy atom. The summed E-state index contributed by atoms with van der Waals surface area (Å²) in [4.78, 5) is 0. The van der Waals surface area contributed by atoms with Gasteiger partial charge in [0, 0.05) is 11.1 Å². The fraction of sp³-hybridized carbons (Fsp3) is 0. The third kappa shape index (κ3) is 3.33. The third-order valence-corrected chi connectivity index (χ3v) is 4.85.